The molecule has 2 heterocycles. The minimum atomic E-state index is 0.504. The first-order chi connectivity index (χ1) is 10.1. The Morgan fingerprint density at radius 1 is 1.29 bits per heavy atom. The van der Waals surface area contributed by atoms with E-state index in [9.17, 15) is 0 Å². The molecule has 1 N–H and O–H groups in total. The topological polar surface area (TPSA) is 59.5 Å². The molecule has 0 bridgehead atoms. The molecular weight excluding hydrogens is 268 g/mol. The lowest BCUT2D eigenvalue weighted by Crippen LogP contribution is -2.40. The third-order valence-corrected chi connectivity index (χ3v) is 3.56. The molecule has 0 radical (unpaired) electrons. The minimum absolute atomic E-state index is 0.504. The zero-order chi connectivity index (χ0) is 15.2. The van der Waals surface area contributed by atoms with Gasteiger partial charge in [0.05, 0.1) is 20.3 Å². The molecule has 1 atom stereocenters. The molecule has 1 aromatic rings. The Bertz CT molecular complexity index is 425. The molecule has 1 saturated heterocycles. The van der Waals surface area contributed by atoms with Crippen molar-refractivity contribution in [3.63, 3.8) is 0 Å². The molecule has 1 aliphatic rings. The van der Waals surface area contributed by atoms with Crippen LogP contribution >= 0.6 is 0 Å². The van der Waals surface area contributed by atoms with Crippen LogP contribution in [-0.4, -0.2) is 49.9 Å². The molecule has 1 aromatic heterocycles. The molecule has 118 valence electrons. The predicted molar refractivity (Wildman–Crippen MR) is 83.2 cm³/mol. The third kappa shape index (κ3) is 4.46. The monoisotopic (exact) mass is 294 g/mol. The average molecular weight is 294 g/mol. The molecule has 1 fully saturated rings. The summed E-state index contributed by atoms with van der Waals surface area (Å²) < 4.78 is 10.5. The molecular formula is C15H26N4O2. The predicted octanol–water partition coefficient (Wildman–Crippen LogP) is 1.71. The highest BCUT2D eigenvalue weighted by Gasteiger charge is 2.21. The first-order valence-corrected chi connectivity index (χ1v) is 7.57. The highest BCUT2D eigenvalue weighted by Crippen LogP contribution is 2.22. The van der Waals surface area contributed by atoms with Crippen LogP contribution in [0.1, 0.15) is 26.7 Å². The van der Waals surface area contributed by atoms with Gasteiger partial charge in [-0.1, -0.05) is 13.8 Å². The smallest absolute Gasteiger partial charge is 0.232 e. The van der Waals surface area contributed by atoms with Crippen LogP contribution in [0.2, 0.25) is 0 Å². The van der Waals surface area contributed by atoms with Crippen molar-refractivity contribution in [2.75, 3.05) is 38.8 Å². The van der Waals surface area contributed by atoms with E-state index in [0.717, 1.165) is 19.6 Å². The number of hydrogen-bond donors (Lipinski definition) is 1. The third-order valence-electron chi connectivity index (χ3n) is 3.56. The van der Waals surface area contributed by atoms with Gasteiger partial charge in [0.25, 0.3) is 0 Å². The molecule has 0 aromatic carbocycles. The summed E-state index contributed by atoms with van der Waals surface area (Å²) in [6, 6.07) is 2.20. The zero-order valence-electron chi connectivity index (χ0n) is 13.4. The van der Waals surface area contributed by atoms with Crippen LogP contribution in [-0.2, 0) is 0 Å². The lowest BCUT2D eigenvalue weighted by molar-refractivity contribution is 0.370. The Balaban J connectivity index is 2.21. The fourth-order valence-electron chi connectivity index (χ4n) is 2.60. The maximum atomic E-state index is 5.25. The number of nitrogens with zero attached hydrogens (tertiary/aromatic N) is 3. The van der Waals surface area contributed by atoms with Crippen molar-refractivity contribution in [1.29, 1.82) is 0 Å². The Hall–Kier alpha value is -1.56. The van der Waals surface area contributed by atoms with Crippen LogP contribution in [0.4, 0.5) is 5.95 Å². The van der Waals surface area contributed by atoms with E-state index in [4.69, 9.17) is 9.47 Å². The van der Waals surface area contributed by atoms with Gasteiger partial charge in [0.15, 0.2) is 0 Å². The maximum absolute atomic E-state index is 5.25. The van der Waals surface area contributed by atoms with E-state index >= 15 is 0 Å². The lowest BCUT2D eigenvalue weighted by Gasteiger charge is -2.27. The van der Waals surface area contributed by atoms with Crippen molar-refractivity contribution < 1.29 is 9.47 Å². The second kappa shape index (κ2) is 7.45. The van der Waals surface area contributed by atoms with Crippen molar-refractivity contribution in [3.8, 4) is 11.8 Å². The standard InChI is InChI=1S/C15H26N4O2/c1-11(2)9-19(10-12-6-5-7-16-12)15-17-13(20-3)8-14(18-15)21-4/h8,11-12,16H,5-7,9-10H2,1-4H3. The Labute approximate surface area is 126 Å². The average Bonchev–Trinajstić information content (AvgIpc) is 2.98. The fraction of sp³-hybridized carbons (Fsp3) is 0.733. The number of rotatable bonds is 7. The van der Waals surface area contributed by atoms with Crippen molar-refractivity contribution in [1.82, 2.24) is 15.3 Å². The number of ether oxygens (including phenoxy) is 2. The van der Waals surface area contributed by atoms with Gasteiger partial charge in [0.2, 0.25) is 17.7 Å². The van der Waals surface area contributed by atoms with E-state index in [1.165, 1.54) is 12.8 Å². The van der Waals surface area contributed by atoms with Gasteiger partial charge in [0, 0.05) is 19.1 Å². The number of aromatic nitrogens is 2. The van der Waals surface area contributed by atoms with E-state index in [2.05, 4.69) is 34.0 Å². The quantitative estimate of drug-likeness (QED) is 0.826. The van der Waals surface area contributed by atoms with Crippen LogP contribution in [0.25, 0.3) is 0 Å². The molecule has 21 heavy (non-hydrogen) atoms. The molecule has 1 unspecified atom stereocenters. The highest BCUT2D eigenvalue weighted by molar-refractivity contribution is 5.37. The Morgan fingerprint density at radius 3 is 2.43 bits per heavy atom. The summed E-state index contributed by atoms with van der Waals surface area (Å²) in [4.78, 5) is 11.2. The van der Waals surface area contributed by atoms with E-state index in [0.29, 0.717) is 29.7 Å². The van der Waals surface area contributed by atoms with Crippen LogP contribution < -0.4 is 19.7 Å². The van der Waals surface area contributed by atoms with Crippen molar-refractivity contribution >= 4 is 5.95 Å². The Kier molecular flexibility index (Phi) is 5.61. The first kappa shape index (κ1) is 15.8. The molecule has 0 spiro atoms. The van der Waals surface area contributed by atoms with Crippen LogP contribution in [0.5, 0.6) is 11.8 Å². The normalized spacial score (nSPS) is 18.0. The number of anilines is 1. The SMILES string of the molecule is COc1cc(OC)nc(N(CC(C)C)CC2CCCN2)n1. The molecule has 0 saturated carbocycles. The highest BCUT2D eigenvalue weighted by atomic mass is 16.5. The van der Waals surface area contributed by atoms with Gasteiger partial charge in [-0.3, -0.25) is 0 Å². The largest absolute Gasteiger partial charge is 0.481 e. The fourth-order valence-corrected chi connectivity index (χ4v) is 2.60. The lowest BCUT2D eigenvalue weighted by atomic mass is 10.1. The van der Waals surface area contributed by atoms with E-state index in [1.807, 2.05) is 0 Å². The summed E-state index contributed by atoms with van der Waals surface area (Å²) in [5, 5.41) is 3.53. The van der Waals surface area contributed by atoms with Crippen molar-refractivity contribution in [2.45, 2.75) is 32.7 Å². The van der Waals surface area contributed by atoms with Gasteiger partial charge in [-0.05, 0) is 25.3 Å². The van der Waals surface area contributed by atoms with Crippen LogP contribution in [0.3, 0.4) is 0 Å². The molecule has 0 aliphatic carbocycles. The number of methoxy groups -OCH3 is 2. The van der Waals surface area contributed by atoms with E-state index in [-0.39, 0.29) is 0 Å². The van der Waals surface area contributed by atoms with E-state index < -0.39 is 0 Å². The Morgan fingerprint density at radius 2 is 1.95 bits per heavy atom. The summed E-state index contributed by atoms with van der Waals surface area (Å²) in [6.07, 6.45) is 2.44. The summed E-state index contributed by atoms with van der Waals surface area (Å²) in [7, 11) is 3.22. The summed E-state index contributed by atoms with van der Waals surface area (Å²) in [5.41, 5.74) is 0. The second-order valence-corrected chi connectivity index (χ2v) is 5.84. The van der Waals surface area contributed by atoms with Crippen molar-refractivity contribution in [3.05, 3.63) is 6.07 Å². The number of nitrogens with one attached hydrogen (secondary N) is 1. The zero-order valence-corrected chi connectivity index (χ0v) is 13.4. The number of hydrogen-bond acceptors (Lipinski definition) is 6. The molecule has 6 heteroatoms. The minimum Gasteiger partial charge on any atom is -0.481 e. The van der Waals surface area contributed by atoms with Gasteiger partial charge in [-0.25, -0.2) is 0 Å². The van der Waals surface area contributed by atoms with E-state index in [1.54, 1.807) is 20.3 Å². The molecule has 0 amide bonds. The van der Waals surface area contributed by atoms with Crippen molar-refractivity contribution in [2.24, 2.45) is 5.92 Å². The van der Waals surface area contributed by atoms with Gasteiger partial charge in [0.1, 0.15) is 0 Å². The summed E-state index contributed by atoms with van der Waals surface area (Å²) >= 11 is 0. The summed E-state index contributed by atoms with van der Waals surface area (Å²) in [5.74, 6) is 2.27. The van der Waals surface area contributed by atoms with Gasteiger partial charge < -0.3 is 19.7 Å². The molecule has 1 aliphatic heterocycles. The molecule has 2 rings (SSSR count). The maximum Gasteiger partial charge on any atom is 0.232 e. The first-order valence-electron chi connectivity index (χ1n) is 7.57. The van der Waals surface area contributed by atoms with Gasteiger partial charge >= 0.3 is 0 Å². The summed E-state index contributed by atoms with van der Waals surface area (Å²) in [6.45, 7) is 7.32. The van der Waals surface area contributed by atoms with Gasteiger partial charge in [-0.15, -0.1) is 0 Å². The molecule has 6 nitrogen and oxygen atoms in total. The van der Waals surface area contributed by atoms with Crippen LogP contribution in [0.15, 0.2) is 6.07 Å². The second-order valence-electron chi connectivity index (χ2n) is 5.84. The van der Waals surface area contributed by atoms with Gasteiger partial charge in [-0.2, -0.15) is 9.97 Å². The van der Waals surface area contributed by atoms with Crippen LogP contribution in [0, 0.1) is 5.92 Å².